The zero-order valence-electron chi connectivity index (χ0n) is 16.1. The molecular formula is C21H24ClFN2O3. The fourth-order valence-electron chi connectivity index (χ4n) is 3.20. The van der Waals surface area contributed by atoms with Gasteiger partial charge in [0.25, 0.3) is 5.91 Å². The van der Waals surface area contributed by atoms with E-state index in [2.05, 4.69) is 5.32 Å². The Morgan fingerprint density at radius 3 is 2.64 bits per heavy atom. The van der Waals surface area contributed by atoms with Crippen molar-refractivity contribution in [3.63, 3.8) is 0 Å². The first-order chi connectivity index (χ1) is 13.5. The Labute approximate surface area is 169 Å². The number of amides is 1. The molecule has 1 heterocycles. The molecule has 0 aliphatic carbocycles. The molecule has 0 radical (unpaired) electrons. The van der Waals surface area contributed by atoms with Crippen molar-refractivity contribution in [3.05, 3.63) is 46.7 Å². The van der Waals surface area contributed by atoms with E-state index < -0.39 is 5.91 Å². The van der Waals surface area contributed by atoms with Crippen molar-refractivity contribution in [3.8, 4) is 11.5 Å². The van der Waals surface area contributed by atoms with E-state index >= 15 is 0 Å². The Morgan fingerprint density at radius 1 is 1.25 bits per heavy atom. The second kappa shape index (κ2) is 9.15. The number of nitrogens with zero attached hydrogens (tertiary/aromatic N) is 1. The molecule has 5 nitrogen and oxygen atoms in total. The molecule has 0 unspecified atom stereocenters. The standard InChI is InChI=1S/C21H24ClFN2O3/c1-3-10-28-20-16(22)11-14(12-19(20)27-2)21(26)24-15-6-7-18(17(23)13-15)25-8-4-5-9-25/h6-7,11-13H,3-5,8-10H2,1-2H3,(H,24,26). The third-order valence-electron chi connectivity index (χ3n) is 4.59. The lowest BCUT2D eigenvalue weighted by Crippen LogP contribution is -2.19. The maximum atomic E-state index is 14.5. The molecule has 2 aromatic carbocycles. The third kappa shape index (κ3) is 4.50. The summed E-state index contributed by atoms with van der Waals surface area (Å²) in [7, 11) is 1.48. The lowest BCUT2D eigenvalue weighted by molar-refractivity contribution is 0.102. The maximum absolute atomic E-state index is 14.5. The van der Waals surface area contributed by atoms with Crippen molar-refractivity contribution in [1.82, 2.24) is 0 Å². The summed E-state index contributed by atoms with van der Waals surface area (Å²) in [5.41, 5.74) is 1.25. The number of methoxy groups -OCH3 is 1. The van der Waals surface area contributed by atoms with E-state index in [1.807, 2.05) is 11.8 Å². The molecule has 0 atom stereocenters. The van der Waals surface area contributed by atoms with Crippen LogP contribution in [0.5, 0.6) is 11.5 Å². The first kappa shape index (κ1) is 20.3. The molecule has 1 saturated heterocycles. The van der Waals surface area contributed by atoms with Crippen LogP contribution in [-0.4, -0.2) is 32.7 Å². The van der Waals surface area contributed by atoms with Gasteiger partial charge in [-0.2, -0.15) is 0 Å². The lowest BCUT2D eigenvalue weighted by atomic mass is 10.1. The molecule has 1 amide bonds. The van der Waals surface area contributed by atoms with E-state index in [1.54, 1.807) is 18.2 Å². The topological polar surface area (TPSA) is 50.8 Å². The highest BCUT2D eigenvalue weighted by atomic mass is 35.5. The number of carbonyl (C=O) groups excluding carboxylic acids is 1. The van der Waals surface area contributed by atoms with E-state index in [4.69, 9.17) is 21.1 Å². The van der Waals surface area contributed by atoms with Crippen LogP contribution in [0.3, 0.4) is 0 Å². The first-order valence-corrected chi connectivity index (χ1v) is 9.77. The van der Waals surface area contributed by atoms with Gasteiger partial charge in [-0.3, -0.25) is 4.79 Å². The minimum absolute atomic E-state index is 0.286. The van der Waals surface area contributed by atoms with Gasteiger partial charge in [0.05, 0.1) is 24.4 Å². The van der Waals surface area contributed by atoms with Crippen molar-refractivity contribution >= 4 is 28.9 Å². The molecule has 0 saturated carbocycles. The zero-order chi connectivity index (χ0) is 20.1. The van der Waals surface area contributed by atoms with Gasteiger partial charge in [-0.15, -0.1) is 0 Å². The molecule has 150 valence electrons. The highest BCUT2D eigenvalue weighted by Crippen LogP contribution is 2.37. The van der Waals surface area contributed by atoms with E-state index in [0.717, 1.165) is 32.4 Å². The summed E-state index contributed by atoms with van der Waals surface area (Å²) in [6.45, 7) is 4.18. The smallest absolute Gasteiger partial charge is 0.255 e. The summed E-state index contributed by atoms with van der Waals surface area (Å²) in [5.74, 6) is 0.0272. The van der Waals surface area contributed by atoms with Gasteiger partial charge in [-0.25, -0.2) is 4.39 Å². The Balaban J connectivity index is 1.77. The maximum Gasteiger partial charge on any atom is 0.255 e. The SMILES string of the molecule is CCCOc1c(Cl)cc(C(=O)Nc2ccc(N3CCCC3)c(F)c2)cc1OC. The Bertz CT molecular complexity index is 854. The molecule has 3 rings (SSSR count). The summed E-state index contributed by atoms with van der Waals surface area (Å²) >= 11 is 6.26. The number of carbonyl (C=O) groups is 1. The molecule has 1 fully saturated rings. The fourth-order valence-corrected chi connectivity index (χ4v) is 3.46. The summed E-state index contributed by atoms with van der Waals surface area (Å²) in [6, 6.07) is 7.81. The van der Waals surface area contributed by atoms with Gasteiger partial charge in [0.1, 0.15) is 5.82 Å². The highest BCUT2D eigenvalue weighted by molar-refractivity contribution is 6.32. The van der Waals surface area contributed by atoms with Gasteiger partial charge in [0, 0.05) is 24.3 Å². The van der Waals surface area contributed by atoms with Crippen LogP contribution in [0.25, 0.3) is 0 Å². The summed E-state index contributed by atoms with van der Waals surface area (Å²) in [5, 5.41) is 2.99. The molecule has 7 heteroatoms. The van der Waals surface area contributed by atoms with Gasteiger partial charge in [-0.05, 0) is 49.6 Å². The number of rotatable bonds is 7. The molecule has 0 aromatic heterocycles. The minimum atomic E-state index is -0.407. The number of halogens is 2. The van der Waals surface area contributed by atoms with Crippen molar-refractivity contribution in [2.24, 2.45) is 0 Å². The van der Waals surface area contributed by atoms with Crippen LogP contribution >= 0.6 is 11.6 Å². The molecule has 0 spiro atoms. The minimum Gasteiger partial charge on any atom is -0.493 e. The van der Waals surface area contributed by atoms with Gasteiger partial charge in [0.2, 0.25) is 0 Å². The molecule has 28 heavy (non-hydrogen) atoms. The van der Waals surface area contributed by atoms with Crippen molar-refractivity contribution in [1.29, 1.82) is 0 Å². The highest BCUT2D eigenvalue weighted by Gasteiger charge is 2.18. The quantitative estimate of drug-likeness (QED) is 0.692. The Morgan fingerprint density at radius 2 is 2.00 bits per heavy atom. The van der Waals surface area contributed by atoms with Gasteiger partial charge in [-0.1, -0.05) is 18.5 Å². The molecule has 1 aliphatic heterocycles. The summed E-state index contributed by atoms with van der Waals surface area (Å²) < 4.78 is 25.4. The predicted molar refractivity (Wildman–Crippen MR) is 110 cm³/mol. The number of anilines is 2. The molecule has 1 aliphatic rings. The van der Waals surface area contributed by atoms with Crippen molar-refractivity contribution in [2.45, 2.75) is 26.2 Å². The molecular weight excluding hydrogens is 383 g/mol. The number of benzene rings is 2. The average Bonchev–Trinajstić information content (AvgIpc) is 3.21. The first-order valence-electron chi connectivity index (χ1n) is 9.39. The lowest BCUT2D eigenvalue weighted by Gasteiger charge is -2.19. The largest absolute Gasteiger partial charge is 0.493 e. The van der Waals surface area contributed by atoms with Crippen LogP contribution < -0.4 is 19.7 Å². The van der Waals surface area contributed by atoms with E-state index in [-0.39, 0.29) is 10.8 Å². The molecule has 1 N–H and O–H groups in total. The van der Waals surface area contributed by atoms with Crippen LogP contribution in [0.2, 0.25) is 5.02 Å². The number of ether oxygens (including phenoxy) is 2. The fraction of sp³-hybridized carbons (Fsp3) is 0.381. The number of hydrogen-bond acceptors (Lipinski definition) is 4. The second-order valence-electron chi connectivity index (χ2n) is 6.65. The monoisotopic (exact) mass is 406 g/mol. The van der Waals surface area contributed by atoms with Crippen LogP contribution in [0.1, 0.15) is 36.5 Å². The summed E-state index contributed by atoms with van der Waals surface area (Å²) in [6.07, 6.45) is 2.96. The van der Waals surface area contributed by atoms with Gasteiger partial charge < -0.3 is 19.7 Å². The van der Waals surface area contributed by atoms with Gasteiger partial charge >= 0.3 is 0 Å². The Hall–Kier alpha value is -2.47. The molecule has 0 bridgehead atoms. The number of hydrogen-bond donors (Lipinski definition) is 1. The van der Waals surface area contributed by atoms with Crippen LogP contribution in [0, 0.1) is 5.82 Å². The van der Waals surface area contributed by atoms with E-state index in [0.29, 0.717) is 35.0 Å². The van der Waals surface area contributed by atoms with Crippen LogP contribution in [-0.2, 0) is 0 Å². The predicted octanol–water partition coefficient (Wildman–Crippen LogP) is 5.13. The van der Waals surface area contributed by atoms with Crippen LogP contribution in [0.15, 0.2) is 30.3 Å². The van der Waals surface area contributed by atoms with Crippen molar-refractivity contribution < 1.29 is 18.7 Å². The van der Waals surface area contributed by atoms with Gasteiger partial charge in [0.15, 0.2) is 11.5 Å². The average molecular weight is 407 g/mol. The molecule has 2 aromatic rings. The van der Waals surface area contributed by atoms with Crippen LogP contribution in [0.4, 0.5) is 15.8 Å². The van der Waals surface area contributed by atoms with Crippen molar-refractivity contribution in [2.75, 3.05) is 37.0 Å². The summed E-state index contributed by atoms with van der Waals surface area (Å²) in [4.78, 5) is 14.6. The second-order valence-corrected chi connectivity index (χ2v) is 7.06. The normalized spacial score (nSPS) is 13.5. The Kier molecular flexibility index (Phi) is 6.62. The number of nitrogens with one attached hydrogen (secondary N) is 1. The van der Waals surface area contributed by atoms with E-state index in [1.165, 1.54) is 19.2 Å². The third-order valence-corrected chi connectivity index (χ3v) is 4.88. The van der Waals surface area contributed by atoms with E-state index in [9.17, 15) is 9.18 Å². The zero-order valence-corrected chi connectivity index (χ0v) is 16.8.